The van der Waals surface area contributed by atoms with Crippen molar-refractivity contribution >= 4 is 33.2 Å². The Morgan fingerprint density at radius 3 is 2.12 bits per heavy atom. The molecule has 206 valence electrons. The summed E-state index contributed by atoms with van der Waals surface area (Å²) in [6.07, 6.45) is 0. The summed E-state index contributed by atoms with van der Waals surface area (Å²) in [5, 5.41) is 5.68. The Hall–Kier alpha value is -4.63. The lowest BCUT2D eigenvalue weighted by Crippen LogP contribution is -2.38. The average molecular weight is 558 g/mol. The summed E-state index contributed by atoms with van der Waals surface area (Å²) in [6.45, 7) is 3.43. The summed E-state index contributed by atoms with van der Waals surface area (Å²) in [5.41, 5.74) is 1.68. The van der Waals surface area contributed by atoms with Crippen molar-refractivity contribution in [2.75, 3.05) is 22.8 Å². The molecule has 0 saturated carbocycles. The number of para-hydroxylation sites is 3. The smallest absolute Gasteiger partial charge is 0.264 e. The highest BCUT2D eigenvalue weighted by atomic mass is 32.2. The van der Waals surface area contributed by atoms with E-state index in [4.69, 9.17) is 4.74 Å². The van der Waals surface area contributed by atoms with Gasteiger partial charge in [0, 0.05) is 0 Å². The highest BCUT2D eigenvalue weighted by Crippen LogP contribution is 2.32. The molecule has 8 nitrogen and oxygen atoms in total. The molecule has 4 aromatic rings. The maximum absolute atomic E-state index is 13.7. The second-order valence-electron chi connectivity index (χ2n) is 8.93. The Morgan fingerprint density at radius 2 is 1.43 bits per heavy atom. The van der Waals surface area contributed by atoms with Crippen LogP contribution in [0, 0.1) is 0 Å². The maximum atomic E-state index is 13.7. The van der Waals surface area contributed by atoms with Crippen LogP contribution in [0.25, 0.3) is 0 Å². The minimum atomic E-state index is -4.14. The van der Waals surface area contributed by atoms with Gasteiger partial charge >= 0.3 is 0 Å². The van der Waals surface area contributed by atoms with Gasteiger partial charge in [-0.15, -0.1) is 0 Å². The van der Waals surface area contributed by atoms with Gasteiger partial charge in [-0.05, 0) is 55.8 Å². The van der Waals surface area contributed by atoms with Gasteiger partial charge in [-0.1, -0.05) is 72.8 Å². The van der Waals surface area contributed by atoms with Crippen molar-refractivity contribution < 1.29 is 22.7 Å². The van der Waals surface area contributed by atoms with Crippen molar-refractivity contribution in [2.24, 2.45) is 0 Å². The standard InChI is InChI=1S/C31H31N3O5S/c1-3-39-29-21-13-12-20-28(29)34(40(37,38)25-16-8-5-9-17-25)22-30(35)33-27-19-11-10-18-26(27)31(36)32-23(2)24-14-6-4-7-15-24/h4-21,23H,3,22H2,1-2H3,(H,32,36)(H,33,35). The number of amides is 2. The lowest BCUT2D eigenvalue weighted by molar-refractivity contribution is -0.114. The Bertz CT molecular complexity index is 1560. The molecule has 0 aliphatic carbocycles. The molecule has 0 radical (unpaired) electrons. The van der Waals surface area contributed by atoms with E-state index < -0.39 is 22.5 Å². The topological polar surface area (TPSA) is 105 Å². The van der Waals surface area contributed by atoms with E-state index in [2.05, 4.69) is 10.6 Å². The molecule has 2 amide bonds. The predicted molar refractivity (Wildman–Crippen MR) is 156 cm³/mol. The summed E-state index contributed by atoms with van der Waals surface area (Å²) in [7, 11) is -4.14. The van der Waals surface area contributed by atoms with E-state index in [0.717, 1.165) is 9.87 Å². The van der Waals surface area contributed by atoms with E-state index in [0.29, 0.717) is 12.4 Å². The summed E-state index contributed by atoms with van der Waals surface area (Å²) in [4.78, 5) is 26.6. The van der Waals surface area contributed by atoms with Crippen molar-refractivity contribution in [2.45, 2.75) is 24.8 Å². The van der Waals surface area contributed by atoms with Crippen LogP contribution in [0.5, 0.6) is 5.75 Å². The van der Waals surface area contributed by atoms with Gasteiger partial charge in [0.25, 0.3) is 15.9 Å². The second-order valence-corrected chi connectivity index (χ2v) is 10.8. The quantitative estimate of drug-likeness (QED) is 0.257. The third-order valence-corrected chi connectivity index (χ3v) is 7.92. The Morgan fingerprint density at radius 1 is 0.825 bits per heavy atom. The SMILES string of the molecule is CCOc1ccccc1N(CC(=O)Nc1ccccc1C(=O)NC(C)c1ccccc1)S(=O)(=O)c1ccccc1. The van der Waals surface area contributed by atoms with Crippen LogP contribution in [0.4, 0.5) is 11.4 Å². The zero-order valence-electron chi connectivity index (χ0n) is 22.3. The number of ether oxygens (including phenoxy) is 1. The molecule has 2 N–H and O–H groups in total. The number of nitrogens with one attached hydrogen (secondary N) is 2. The zero-order valence-corrected chi connectivity index (χ0v) is 23.1. The molecule has 40 heavy (non-hydrogen) atoms. The third kappa shape index (κ3) is 6.68. The molecular weight excluding hydrogens is 526 g/mol. The largest absolute Gasteiger partial charge is 0.492 e. The van der Waals surface area contributed by atoms with E-state index >= 15 is 0 Å². The molecule has 0 bridgehead atoms. The highest BCUT2D eigenvalue weighted by Gasteiger charge is 2.29. The Balaban J connectivity index is 1.61. The van der Waals surface area contributed by atoms with Crippen molar-refractivity contribution in [3.05, 3.63) is 120 Å². The van der Waals surface area contributed by atoms with Crippen LogP contribution in [0.3, 0.4) is 0 Å². The van der Waals surface area contributed by atoms with Crippen LogP contribution >= 0.6 is 0 Å². The number of carbonyl (C=O) groups excluding carboxylic acids is 2. The molecular formula is C31H31N3O5S. The zero-order chi connectivity index (χ0) is 28.5. The molecule has 1 unspecified atom stereocenters. The van der Waals surface area contributed by atoms with Crippen LogP contribution in [-0.4, -0.2) is 33.4 Å². The molecule has 9 heteroatoms. The van der Waals surface area contributed by atoms with Gasteiger partial charge in [0.1, 0.15) is 12.3 Å². The summed E-state index contributed by atoms with van der Waals surface area (Å²) in [6, 6.07) is 30.4. The van der Waals surface area contributed by atoms with Crippen LogP contribution in [0.15, 0.2) is 114 Å². The van der Waals surface area contributed by atoms with Gasteiger partial charge in [-0.25, -0.2) is 8.42 Å². The number of hydrogen-bond donors (Lipinski definition) is 2. The molecule has 0 heterocycles. The Labute approximate surface area is 234 Å². The molecule has 0 fully saturated rings. The molecule has 4 aromatic carbocycles. The van der Waals surface area contributed by atoms with Gasteiger partial charge < -0.3 is 15.4 Å². The van der Waals surface area contributed by atoms with Crippen molar-refractivity contribution in [1.82, 2.24) is 5.32 Å². The monoisotopic (exact) mass is 557 g/mol. The maximum Gasteiger partial charge on any atom is 0.264 e. The lowest BCUT2D eigenvalue weighted by atomic mass is 10.1. The molecule has 0 aliphatic heterocycles. The minimum absolute atomic E-state index is 0.0313. The van der Waals surface area contributed by atoms with Gasteiger partial charge in [0.05, 0.1) is 34.5 Å². The summed E-state index contributed by atoms with van der Waals surface area (Å²) < 4.78 is 34.2. The van der Waals surface area contributed by atoms with Gasteiger partial charge in [0.15, 0.2) is 0 Å². The van der Waals surface area contributed by atoms with E-state index in [1.807, 2.05) is 37.3 Å². The normalized spacial score (nSPS) is 11.8. The fraction of sp³-hybridized carbons (Fsp3) is 0.161. The highest BCUT2D eigenvalue weighted by molar-refractivity contribution is 7.92. The third-order valence-electron chi connectivity index (χ3n) is 6.15. The number of benzene rings is 4. The van der Waals surface area contributed by atoms with Crippen molar-refractivity contribution in [3.63, 3.8) is 0 Å². The molecule has 0 aliphatic rings. The number of carbonyl (C=O) groups is 2. The first-order chi connectivity index (χ1) is 19.3. The van der Waals surface area contributed by atoms with Crippen molar-refractivity contribution in [1.29, 1.82) is 0 Å². The number of nitrogens with zero attached hydrogens (tertiary/aromatic N) is 1. The van der Waals surface area contributed by atoms with Gasteiger partial charge in [0.2, 0.25) is 5.91 Å². The molecule has 0 spiro atoms. The van der Waals surface area contributed by atoms with E-state index in [1.54, 1.807) is 73.7 Å². The Kier molecular flexibility index (Phi) is 9.19. The lowest BCUT2D eigenvalue weighted by Gasteiger charge is -2.26. The fourth-order valence-corrected chi connectivity index (χ4v) is 5.62. The predicted octanol–water partition coefficient (Wildman–Crippen LogP) is 5.41. The molecule has 1 atom stereocenters. The number of sulfonamides is 1. The number of rotatable bonds is 11. The first-order valence-electron chi connectivity index (χ1n) is 12.9. The minimum Gasteiger partial charge on any atom is -0.492 e. The molecule has 0 aromatic heterocycles. The van der Waals surface area contributed by atoms with Crippen LogP contribution in [0.2, 0.25) is 0 Å². The summed E-state index contributed by atoms with van der Waals surface area (Å²) >= 11 is 0. The first-order valence-corrected chi connectivity index (χ1v) is 14.3. The second kappa shape index (κ2) is 12.9. The number of anilines is 2. The summed E-state index contributed by atoms with van der Waals surface area (Å²) in [5.74, 6) is -0.670. The van der Waals surface area contributed by atoms with E-state index in [9.17, 15) is 18.0 Å². The first kappa shape index (κ1) is 28.4. The fourth-order valence-electron chi connectivity index (χ4n) is 4.17. The molecule has 0 saturated heterocycles. The molecule has 4 rings (SSSR count). The van der Waals surface area contributed by atoms with Crippen LogP contribution in [-0.2, 0) is 14.8 Å². The van der Waals surface area contributed by atoms with Crippen LogP contribution < -0.4 is 19.7 Å². The average Bonchev–Trinajstić information content (AvgIpc) is 2.97. The van der Waals surface area contributed by atoms with Gasteiger partial charge in [-0.2, -0.15) is 0 Å². The van der Waals surface area contributed by atoms with E-state index in [1.165, 1.54) is 12.1 Å². The van der Waals surface area contributed by atoms with E-state index in [-0.39, 0.29) is 33.8 Å². The van der Waals surface area contributed by atoms with Crippen molar-refractivity contribution in [3.8, 4) is 5.75 Å². The van der Waals surface area contributed by atoms with Crippen LogP contribution in [0.1, 0.15) is 35.8 Å². The van der Waals surface area contributed by atoms with Gasteiger partial charge in [-0.3, -0.25) is 13.9 Å². The number of hydrogen-bond acceptors (Lipinski definition) is 5.